The summed E-state index contributed by atoms with van der Waals surface area (Å²) in [4.78, 5) is 38.0. The molecule has 0 spiro atoms. The number of nitrogens with one attached hydrogen (secondary N) is 2. The zero-order valence-corrected chi connectivity index (χ0v) is 23.6. The third-order valence-corrected chi connectivity index (χ3v) is 8.39. The second-order valence-electron chi connectivity index (χ2n) is 11.2. The zero-order chi connectivity index (χ0) is 30.1. The third kappa shape index (κ3) is 8.80. The maximum atomic E-state index is 15.4. The molecule has 0 aliphatic heterocycles. The van der Waals surface area contributed by atoms with Crippen LogP contribution in [0.4, 0.5) is 28.0 Å². The number of methoxy groups -OCH3 is 1. The van der Waals surface area contributed by atoms with E-state index in [4.69, 9.17) is 15.2 Å². The van der Waals surface area contributed by atoms with Gasteiger partial charge < -0.3 is 25.8 Å². The molecule has 2 unspecified atom stereocenters. The number of primary amides is 1. The molecule has 0 radical (unpaired) electrons. The molecule has 2 aliphatic rings. The monoisotopic (exact) mass is 587 g/mol. The number of amides is 3. The highest BCUT2D eigenvalue weighted by atomic mass is 19.3. The summed E-state index contributed by atoms with van der Waals surface area (Å²) in [5.41, 5.74) is 5.53. The highest BCUT2D eigenvalue weighted by Crippen LogP contribution is 2.43. The molecular formula is C29H41F4N3O5. The Hall–Kier alpha value is -2.89. The Morgan fingerprint density at radius 2 is 1.51 bits per heavy atom. The number of nitrogens with two attached hydrogens (primary N) is 1. The summed E-state index contributed by atoms with van der Waals surface area (Å²) in [5.74, 6) is -3.84. The number of benzene rings is 1. The summed E-state index contributed by atoms with van der Waals surface area (Å²) in [6, 6.07) is 2.25. The summed E-state index contributed by atoms with van der Waals surface area (Å²) in [7, 11) is 1.36. The number of carbonyl (C=O) groups excluding carboxylic acids is 3. The van der Waals surface area contributed by atoms with Crippen LogP contribution >= 0.6 is 0 Å². The van der Waals surface area contributed by atoms with Crippen LogP contribution < -0.4 is 16.4 Å². The van der Waals surface area contributed by atoms with E-state index in [1.54, 1.807) is 5.32 Å². The summed E-state index contributed by atoms with van der Waals surface area (Å²) in [5, 5.41) is 4.13. The van der Waals surface area contributed by atoms with Crippen LogP contribution in [0.15, 0.2) is 12.1 Å². The van der Waals surface area contributed by atoms with E-state index in [9.17, 15) is 27.6 Å². The van der Waals surface area contributed by atoms with E-state index in [1.165, 1.54) is 20.1 Å². The van der Waals surface area contributed by atoms with Crippen molar-refractivity contribution in [2.45, 2.75) is 102 Å². The van der Waals surface area contributed by atoms with Gasteiger partial charge in [-0.3, -0.25) is 9.59 Å². The van der Waals surface area contributed by atoms with Gasteiger partial charge in [0, 0.05) is 13.0 Å². The fourth-order valence-electron chi connectivity index (χ4n) is 6.43. The molecule has 3 amide bonds. The number of carbonyl (C=O) groups is 3. The van der Waals surface area contributed by atoms with Crippen molar-refractivity contribution in [3.05, 3.63) is 29.1 Å². The van der Waals surface area contributed by atoms with E-state index in [0.29, 0.717) is 0 Å². The lowest BCUT2D eigenvalue weighted by molar-refractivity contribution is -0.130. The summed E-state index contributed by atoms with van der Waals surface area (Å²) in [6.07, 6.45) is 1.28. The van der Waals surface area contributed by atoms with Gasteiger partial charge >= 0.3 is 6.09 Å². The normalized spacial score (nSPS) is 19.0. The Bertz CT molecular complexity index is 1030. The summed E-state index contributed by atoms with van der Waals surface area (Å²) in [6.45, 7) is 1.20. The molecule has 2 aliphatic carbocycles. The molecule has 8 nitrogen and oxygen atoms in total. The Morgan fingerprint density at radius 3 is 2.00 bits per heavy atom. The predicted molar refractivity (Wildman–Crippen MR) is 144 cm³/mol. The van der Waals surface area contributed by atoms with E-state index in [0.717, 1.165) is 70.3 Å². The molecule has 3 atom stereocenters. The zero-order valence-electron chi connectivity index (χ0n) is 23.6. The van der Waals surface area contributed by atoms with Crippen molar-refractivity contribution in [3.63, 3.8) is 0 Å². The highest BCUT2D eigenvalue weighted by molar-refractivity contribution is 5.96. The minimum Gasteiger partial charge on any atom is -0.436 e. The number of halogens is 4. The fraction of sp³-hybridized carbons (Fsp3) is 0.690. The van der Waals surface area contributed by atoms with Crippen LogP contribution in [0.2, 0.25) is 0 Å². The lowest BCUT2D eigenvalue weighted by Gasteiger charge is -2.41. The highest BCUT2D eigenvalue weighted by Gasteiger charge is 2.42. The van der Waals surface area contributed by atoms with Crippen LogP contribution in [0.3, 0.4) is 0 Å². The Labute approximate surface area is 238 Å². The Balaban J connectivity index is 1.90. The van der Waals surface area contributed by atoms with E-state index < -0.39 is 48.5 Å². The van der Waals surface area contributed by atoms with Crippen molar-refractivity contribution in [1.29, 1.82) is 0 Å². The van der Waals surface area contributed by atoms with E-state index in [2.05, 4.69) is 5.32 Å². The third-order valence-electron chi connectivity index (χ3n) is 8.39. The first-order chi connectivity index (χ1) is 19.5. The minimum absolute atomic E-state index is 0.0774. The largest absolute Gasteiger partial charge is 0.436 e. The molecule has 0 heterocycles. The quantitative estimate of drug-likeness (QED) is 0.207. The van der Waals surface area contributed by atoms with Gasteiger partial charge in [0.15, 0.2) is 6.10 Å². The molecular weight excluding hydrogens is 546 g/mol. The lowest BCUT2D eigenvalue weighted by atomic mass is 9.67. The average Bonchev–Trinajstić information content (AvgIpc) is 2.94. The fourth-order valence-corrected chi connectivity index (χ4v) is 6.43. The van der Waals surface area contributed by atoms with Crippen LogP contribution in [-0.2, 0) is 25.7 Å². The molecule has 2 saturated carbocycles. The second-order valence-corrected chi connectivity index (χ2v) is 11.2. The van der Waals surface area contributed by atoms with Gasteiger partial charge in [-0.2, -0.15) is 0 Å². The number of ether oxygens (including phenoxy) is 2. The molecule has 230 valence electrons. The van der Waals surface area contributed by atoms with Crippen molar-refractivity contribution < 1.29 is 41.4 Å². The first kappa shape index (κ1) is 32.6. The Kier molecular flexibility index (Phi) is 12.2. The van der Waals surface area contributed by atoms with E-state index in [-0.39, 0.29) is 41.2 Å². The molecule has 41 heavy (non-hydrogen) atoms. The van der Waals surface area contributed by atoms with Gasteiger partial charge in [-0.25, -0.2) is 22.4 Å². The van der Waals surface area contributed by atoms with Gasteiger partial charge in [-0.15, -0.1) is 0 Å². The molecule has 4 N–H and O–H groups in total. The van der Waals surface area contributed by atoms with Crippen LogP contribution in [0.25, 0.3) is 0 Å². The topological polar surface area (TPSA) is 120 Å². The minimum atomic E-state index is -3.42. The molecule has 1 aromatic rings. The molecule has 3 rings (SSSR count). The van der Waals surface area contributed by atoms with Gasteiger partial charge in [0.05, 0.1) is 18.2 Å². The molecule has 2 fully saturated rings. The predicted octanol–water partition coefficient (Wildman–Crippen LogP) is 5.93. The second kappa shape index (κ2) is 15.4. The van der Waals surface area contributed by atoms with Gasteiger partial charge in [0.2, 0.25) is 12.2 Å². The van der Waals surface area contributed by atoms with E-state index >= 15 is 4.39 Å². The molecule has 0 saturated heterocycles. The number of hydrogen-bond donors (Lipinski definition) is 3. The van der Waals surface area contributed by atoms with Crippen molar-refractivity contribution in [3.8, 4) is 0 Å². The van der Waals surface area contributed by atoms with Gasteiger partial charge in [-0.1, -0.05) is 64.2 Å². The molecule has 0 bridgehead atoms. The van der Waals surface area contributed by atoms with Crippen LogP contribution in [-0.4, -0.2) is 43.8 Å². The van der Waals surface area contributed by atoms with Crippen molar-refractivity contribution in [2.75, 3.05) is 12.4 Å². The SMILES string of the molecule is COCc1cc(NC(=O)[C@@H](OC(N)=O)C(C2CCCCC2)C2CCCCC2)c(F)cc1C(C)C(=O)NC(F)C(F)F. The van der Waals surface area contributed by atoms with Gasteiger partial charge in [-0.05, 0) is 42.0 Å². The van der Waals surface area contributed by atoms with Crippen LogP contribution in [0.1, 0.15) is 88.2 Å². The summed E-state index contributed by atoms with van der Waals surface area (Å²) < 4.78 is 64.6. The number of alkyl halides is 3. The van der Waals surface area contributed by atoms with Crippen LogP contribution in [0.5, 0.6) is 0 Å². The van der Waals surface area contributed by atoms with Crippen molar-refractivity contribution in [1.82, 2.24) is 5.32 Å². The first-order valence-electron chi connectivity index (χ1n) is 14.3. The smallest absolute Gasteiger partial charge is 0.405 e. The average molecular weight is 588 g/mol. The first-order valence-corrected chi connectivity index (χ1v) is 14.3. The molecule has 12 heteroatoms. The Morgan fingerprint density at radius 1 is 0.951 bits per heavy atom. The molecule has 1 aromatic carbocycles. The van der Waals surface area contributed by atoms with Crippen molar-refractivity contribution in [2.24, 2.45) is 23.5 Å². The maximum absolute atomic E-state index is 15.4. The standard InChI is InChI=1S/C29H41F4N3O5/c1-16(27(37)36-26(33)25(31)32)20-14-21(30)22(13-19(20)15-40-2)35-28(38)24(41-29(34)39)23(17-9-5-3-6-10-17)18-11-7-4-8-12-18/h13-14,16-18,23-26H,3-12,15H2,1-2H3,(H2,34,39)(H,35,38)(H,36,37)/t16?,24-,26?/m0/s1. The van der Waals surface area contributed by atoms with Crippen molar-refractivity contribution >= 4 is 23.6 Å². The van der Waals surface area contributed by atoms with E-state index in [1.807, 2.05) is 0 Å². The number of anilines is 1. The lowest BCUT2D eigenvalue weighted by Crippen LogP contribution is -2.46. The number of rotatable bonds is 12. The molecule has 0 aromatic heterocycles. The van der Waals surface area contributed by atoms with Crippen LogP contribution in [0, 0.1) is 23.6 Å². The maximum Gasteiger partial charge on any atom is 0.405 e. The van der Waals surface area contributed by atoms with Gasteiger partial charge in [0.25, 0.3) is 12.3 Å². The summed E-state index contributed by atoms with van der Waals surface area (Å²) >= 11 is 0. The number of hydrogen-bond acceptors (Lipinski definition) is 5. The van der Waals surface area contributed by atoms with Gasteiger partial charge in [0.1, 0.15) is 5.82 Å².